The van der Waals surface area contributed by atoms with E-state index in [4.69, 9.17) is 0 Å². The van der Waals surface area contributed by atoms with Crippen LogP contribution in [0.1, 0.15) is 38.0 Å². The lowest BCUT2D eigenvalue weighted by Crippen LogP contribution is -2.01. The van der Waals surface area contributed by atoms with E-state index >= 15 is 0 Å². The number of aromatic nitrogens is 2. The van der Waals surface area contributed by atoms with Crippen molar-refractivity contribution in [2.24, 2.45) is 0 Å². The fraction of sp³-hybridized carbons (Fsp3) is 0.385. The van der Waals surface area contributed by atoms with E-state index in [0.29, 0.717) is 5.69 Å². The van der Waals surface area contributed by atoms with Crippen molar-refractivity contribution in [3.05, 3.63) is 36.2 Å². The fourth-order valence-electron chi connectivity index (χ4n) is 1.68. The molecule has 3 heteroatoms. The molecule has 16 heavy (non-hydrogen) atoms. The molecule has 0 bridgehead atoms. The maximum atomic E-state index is 9.91. The van der Waals surface area contributed by atoms with Crippen molar-refractivity contribution in [1.82, 2.24) is 9.97 Å². The SMILES string of the molecule is CCCCC(O)c1cnc2ccccc2n1. The average Bonchev–Trinajstić information content (AvgIpc) is 2.35. The number of hydrogen-bond donors (Lipinski definition) is 1. The Morgan fingerprint density at radius 1 is 1.25 bits per heavy atom. The average molecular weight is 216 g/mol. The molecule has 0 aliphatic heterocycles. The van der Waals surface area contributed by atoms with Gasteiger partial charge in [-0.15, -0.1) is 0 Å². The van der Waals surface area contributed by atoms with Gasteiger partial charge in [0.2, 0.25) is 0 Å². The maximum absolute atomic E-state index is 9.91. The molecule has 2 rings (SSSR count). The second-order valence-corrected chi connectivity index (χ2v) is 3.94. The second-order valence-electron chi connectivity index (χ2n) is 3.94. The van der Waals surface area contributed by atoms with Crippen LogP contribution in [0.25, 0.3) is 11.0 Å². The number of rotatable bonds is 4. The van der Waals surface area contributed by atoms with Gasteiger partial charge in [0.05, 0.1) is 29.0 Å². The number of unbranched alkanes of at least 4 members (excludes halogenated alkanes) is 1. The normalized spacial score (nSPS) is 12.9. The summed E-state index contributed by atoms with van der Waals surface area (Å²) in [7, 11) is 0. The summed E-state index contributed by atoms with van der Waals surface area (Å²) >= 11 is 0. The van der Waals surface area contributed by atoms with Crippen LogP contribution in [0.2, 0.25) is 0 Å². The number of benzene rings is 1. The molecule has 1 aromatic carbocycles. The van der Waals surface area contributed by atoms with Gasteiger partial charge in [-0.2, -0.15) is 0 Å². The number of fused-ring (bicyclic) bond motifs is 1. The molecule has 0 spiro atoms. The van der Waals surface area contributed by atoms with Crippen molar-refractivity contribution < 1.29 is 5.11 Å². The molecule has 1 unspecified atom stereocenters. The van der Waals surface area contributed by atoms with E-state index in [9.17, 15) is 5.11 Å². The molecule has 0 saturated carbocycles. The highest BCUT2D eigenvalue weighted by Gasteiger charge is 2.09. The zero-order valence-corrected chi connectivity index (χ0v) is 9.43. The van der Waals surface area contributed by atoms with Crippen LogP contribution in [0.15, 0.2) is 30.5 Å². The lowest BCUT2D eigenvalue weighted by atomic mass is 10.1. The van der Waals surface area contributed by atoms with Crippen LogP contribution in [0, 0.1) is 0 Å². The highest BCUT2D eigenvalue weighted by atomic mass is 16.3. The number of nitrogens with zero attached hydrogens (tertiary/aromatic N) is 2. The highest BCUT2D eigenvalue weighted by Crippen LogP contribution is 2.18. The first-order valence-corrected chi connectivity index (χ1v) is 5.71. The molecule has 84 valence electrons. The van der Waals surface area contributed by atoms with E-state index in [-0.39, 0.29) is 0 Å². The first kappa shape index (κ1) is 11.0. The van der Waals surface area contributed by atoms with Gasteiger partial charge >= 0.3 is 0 Å². The van der Waals surface area contributed by atoms with Crippen LogP contribution in [0.3, 0.4) is 0 Å². The van der Waals surface area contributed by atoms with E-state index in [2.05, 4.69) is 16.9 Å². The highest BCUT2D eigenvalue weighted by molar-refractivity contribution is 5.73. The minimum atomic E-state index is -0.489. The van der Waals surface area contributed by atoms with Gasteiger partial charge in [0.1, 0.15) is 0 Å². The van der Waals surface area contributed by atoms with Gasteiger partial charge in [-0.05, 0) is 18.6 Å². The van der Waals surface area contributed by atoms with Crippen molar-refractivity contribution >= 4 is 11.0 Å². The number of aliphatic hydroxyl groups is 1. The predicted octanol–water partition coefficient (Wildman–Crippen LogP) is 2.85. The van der Waals surface area contributed by atoms with E-state index in [1.165, 1.54) is 0 Å². The molecule has 0 aliphatic rings. The molecule has 3 nitrogen and oxygen atoms in total. The quantitative estimate of drug-likeness (QED) is 0.854. The lowest BCUT2D eigenvalue weighted by molar-refractivity contribution is 0.159. The number of para-hydroxylation sites is 2. The van der Waals surface area contributed by atoms with Gasteiger partial charge in [0.25, 0.3) is 0 Å². The van der Waals surface area contributed by atoms with Crippen LogP contribution in [-0.2, 0) is 0 Å². The van der Waals surface area contributed by atoms with Crippen molar-refractivity contribution in [2.45, 2.75) is 32.3 Å². The molecule has 2 aromatic rings. The lowest BCUT2D eigenvalue weighted by Gasteiger charge is -2.09. The first-order chi connectivity index (χ1) is 7.81. The Morgan fingerprint density at radius 2 is 2.00 bits per heavy atom. The first-order valence-electron chi connectivity index (χ1n) is 5.71. The minimum absolute atomic E-state index is 0.489. The third-order valence-corrected chi connectivity index (χ3v) is 2.64. The second kappa shape index (κ2) is 5.03. The summed E-state index contributed by atoms with van der Waals surface area (Å²) in [5.74, 6) is 0. The summed E-state index contributed by atoms with van der Waals surface area (Å²) in [6.45, 7) is 2.11. The molecule has 1 heterocycles. The summed E-state index contributed by atoms with van der Waals surface area (Å²) in [5, 5.41) is 9.91. The summed E-state index contributed by atoms with van der Waals surface area (Å²) in [4.78, 5) is 8.70. The van der Waals surface area contributed by atoms with Crippen LogP contribution < -0.4 is 0 Å². The summed E-state index contributed by atoms with van der Waals surface area (Å²) in [6, 6.07) is 7.70. The monoisotopic (exact) mass is 216 g/mol. The van der Waals surface area contributed by atoms with Crippen LogP contribution in [0.5, 0.6) is 0 Å². The zero-order chi connectivity index (χ0) is 11.4. The molecule has 1 atom stereocenters. The zero-order valence-electron chi connectivity index (χ0n) is 9.43. The Kier molecular flexibility index (Phi) is 3.47. The molecule has 1 N–H and O–H groups in total. The minimum Gasteiger partial charge on any atom is -0.387 e. The Bertz CT molecular complexity index is 470. The Morgan fingerprint density at radius 3 is 2.75 bits per heavy atom. The summed E-state index contributed by atoms with van der Waals surface area (Å²) in [5.41, 5.74) is 2.39. The standard InChI is InChI=1S/C13H16N2O/c1-2-3-8-13(16)12-9-14-10-6-4-5-7-11(10)15-12/h4-7,9,13,16H,2-3,8H2,1H3. The Hall–Kier alpha value is -1.48. The predicted molar refractivity (Wildman–Crippen MR) is 64.0 cm³/mol. The van der Waals surface area contributed by atoms with Gasteiger partial charge in [-0.3, -0.25) is 4.98 Å². The molecule has 0 amide bonds. The third kappa shape index (κ3) is 2.36. The maximum Gasteiger partial charge on any atom is 0.0975 e. The van der Waals surface area contributed by atoms with E-state index in [1.54, 1.807) is 6.20 Å². The molecule has 0 saturated heterocycles. The number of hydrogen-bond acceptors (Lipinski definition) is 3. The largest absolute Gasteiger partial charge is 0.387 e. The van der Waals surface area contributed by atoms with Crippen molar-refractivity contribution in [3.63, 3.8) is 0 Å². The smallest absolute Gasteiger partial charge is 0.0975 e. The molecule has 0 radical (unpaired) electrons. The van der Waals surface area contributed by atoms with Gasteiger partial charge in [-0.1, -0.05) is 31.9 Å². The van der Waals surface area contributed by atoms with Gasteiger partial charge in [0, 0.05) is 0 Å². The fourth-order valence-corrected chi connectivity index (χ4v) is 1.68. The molecular weight excluding hydrogens is 200 g/mol. The molecule has 1 aromatic heterocycles. The summed E-state index contributed by atoms with van der Waals surface area (Å²) < 4.78 is 0. The van der Waals surface area contributed by atoms with Gasteiger partial charge in [0.15, 0.2) is 0 Å². The topological polar surface area (TPSA) is 46.0 Å². The molecule has 0 fully saturated rings. The summed E-state index contributed by atoms with van der Waals surface area (Å²) in [6.07, 6.45) is 4.02. The van der Waals surface area contributed by atoms with E-state index < -0.39 is 6.10 Å². The third-order valence-electron chi connectivity index (χ3n) is 2.64. The Labute approximate surface area is 95.2 Å². The van der Waals surface area contributed by atoms with Gasteiger partial charge in [-0.25, -0.2) is 4.98 Å². The van der Waals surface area contributed by atoms with Gasteiger partial charge < -0.3 is 5.11 Å². The molecular formula is C13H16N2O. The van der Waals surface area contributed by atoms with Crippen molar-refractivity contribution in [2.75, 3.05) is 0 Å². The van der Waals surface area contributed by atoms with E-state index in [1.807, 2.05) is 24.3 Å². The molecule has 0 aliphatic carbocycles. The van der Waals surface area contributed by atoms with E-state index in [0.717, 1.165) is 30.3 Å². The van der Waals surface area contributed by atoms with Crippen LogP contribution in [0.4, 0.5) is 0 Å². The Balaban J connectivity index is 2.25. The van der Waals surface area contributed by atoms with Crippen molar-refractivity contribution in [1.29, 1.82) is 0 Å². The van der Waals surface area contributed by atoms with Crippen LogP contribution >= 0.6 is 0 Å². The van der Waals surface area contributed by atoms with Crippen LogP contribution in [-0.4, -0.2) is 15.1 Å². The number of aliphatic hydroxyl groups excluding tert-OH is 1. The van der Waals surface area contributed by atoms with Crippen molar-refractivity contribution in [3.8, 4) is 0 Å².